The van der Waals surface area contributed by atoms with E-state index < -0.39 is 0 Å². The third kappa shape index (κ3) is 6.01. The van der Waals surface area contributed by atoms with Gasteiger partial charge in [0.05, 0.1) is 0 Å². The third-order valence-corrected chi connectivity index (χ3v) is 4.12. The van der Waals surface area contributed by atoms with E-state index in [0.29, 0.717) is 6.42 Å². The Morgan fingerprint density at radius 3 is 2.53 bits per heavy atom. The van der Waals surface area contributed by atoms with Gasteiger partial charge in [-0.2, -0.15) is 11.8 Å². The van der Waals surface area contributed by atoms with E-state index in [0.717, 1.165) is 22.8 Å². The molecular weight excluding hydrogens is 256 g/mol. The minimum absolute atomic E-state index is 0.119. The summed E-state index contributed by atoms with van der Waals surface area (Å²) in [5.74, 6) is 2.39. The molecule has 2 unspecified atom stereocenters. The van der Waals surface area contributed by atoms with Crippen molar-refractivity contribution in [3.8, 4) is 0 Å². The Balaban J connectivity index is 2.41. The van der Waals surface area contributed by atoms with Crippen molar-refractivity contribution in [3.05, 3.63) is 29.8 Å². The Kier molecular flexibility index (Phi) is 6.78. The van der Waals surface area contributed by atoms with Gasteiger partial charge >= 0.3 is 0 Å². The predicted molar refractivity (Wildman–Crippen MR) is 84.5 cm³/mol. The van der Waals surface area contributed by atoms with Crippen molar-refractivity contribution in [2.45, 2.75) is 39.2 Å². The maximum absolute atomic E-state index is 11.9. The van der Waals surface area contributed by atoms with Crippen LogP contribution in [0.2, 0.25) is 0 Å². The molecule has 1 rings (SSSR count). The Morgan fingerprint density at radius 2 is 1.95 bits per heavy atom. The zero-order valence-electron chi connectivity index (χ0n) is 12.0. The molecule has 0 aliphatic heterocycles. The van der Waals surface area contributed by atoms with Crippen molar-refractivity contribution in [1.82, 2.24) is 5.32 Å². The van der Waals surface area contributed by atoms with Crippen molar-refractivity contribution in [1.29, 1.82) is 0 Å². The van der Waals surface area contributed by atoms with Crippen LogP contribution in [0.1, 0.15) is 38.7 Å². The van der Waals surface area contributed by atoms with Crippen LogP contribution in [-0.2, 0) is 4.79 Å². The molecule has 0 aromatic heterocycles. The molecule has 0 fully saturated rings. The number of nitrogens with one attached hydrogen (secondary N) is 1. The lowest BCUT2D eigenvalue weighted by Gasteiger charge is -2.16. The van der Waals surface area contributed by atoms with Crippen molar-refractivity contribution >= 4 is 23.4 Å². The first-order valence-corrected chi connectivity index (χ1v) is 7.91. The molecular formula is C15H24N2OS. The average Bonchev–Trinajstić information content (AvgIpc) is 2.36. The number of carbonyl (C=O) groups is 1. The Bertz CT molecular complexity index is 392. The molecule has 0 heterocycles. The fourth-order valence-corrected chi connectivity index (χ4v) is 2.56. The zero-order valence-corrected chi connectivity index (χ0v) is 12.8. The summed E-state index contributed by atoms with van der Waals surface area (Å²) >= 11 is 1.85. The van der Waals surface area contributed by atoms with Crippen LogP contribution in [0.5, 0.6) is 0 Å². The highest BCUT2D eigenvalue weighted by Gasteiger charge is 2.13. The number of thioether (sulfide) groups is 1. The summed E-state index contributed by atoms with van der Waals surface area (Å²) in [5.41, 5.74) is 7.57. The lowest BCUT2D eigenvalue weighted by atomic mass is 9.97. The van der Waals surface area contributed by atoms with Gasteiger partial charge in [0, 0.05) is 23.9 Å². The van der Waals surface area contributed by atoms with Crippen LogP contribution in [0.25, 0.3) is 0 Å². The fourth-order valence-electron chi connectivity index (χ4n) is 1.89. The summed E-state index contributed by atoms with van der Waals surface area (Å²) in [6, 6.07) is 7.97. The van der Waals surface area contributed by atoms with Crippen LogP contribution in [0.4, 0.5) is 5.69 Å². The van der Waals surface area contributed by atoms with E-state index in [1.807, 2.05) is 36.0 Å². The molecule has 3 N–H and O–H groups in total. The summed E-state index contributed by atoms with van der Waals surface area (Å²) in [5, 5.41) is 3.04. The van der Waals surface area contributed by atoms with E-state index in [1.54, 1.807) is 0 Å². The highest BCUT2D eigenvalue weighted by molar-refractivity contribution is 7.99. The summed E-state index contributed by atoms with van der Waals surface area (Å²) in [6.45, 7) is 6.24. The number of anilines is 1. The van der Waals surface area contributed by atoms with E-state index >= 15 is 0 Å². The number of amides is 1. The number of carbonyl (C=O) groups excluding carboxylic acids is 1. The minimum atomic E-state index is 0.119. The SMILES string of the molecule is CCSCC(C)NC(=O)CC(C)c1ccc(N)cc1. The standard InChI is InChI=1S/C15H24N2OS/c1-4-19-10-12(3)17-15(18)9-11(2)13-5-7-14(16)8-6-13/h5-8,11-12H,4,9-10,16H2,1-3H3,(H,17,18). The van der Waals surface area contributed by atoms with Crippen molar-refractivity contribution in [2.75, 3.05) is 17.2 Å². The monoisotopic (exact) mass is 280 g/mol. The first-order chi connectivity index (χ1) is 9.02. The van der Waals surface area contributed by atoms with Gasteiger partial charge in [-0.15, -0.1) is 0 Å². The quantitative estimate of drug-likeness (QED) is 0.755. The smallest absolute Gasteiger partial charge is 0.220 e. The van der Waals surface area contributed by atoms with Gasteiger partial charge in [-0.3, -0.25) is 4.79 Å². The van der Waals surface area contributed by atoms with Gasteiger partial charge in [0.15, 0.2) is 0 Å². The van der Waals surface area contributed by atoms with Gasteiger partial charge < -0.3 is 11.1 Å². The van der Waals surface area contributed by atoms with Crippen LogP contribution in [0.3, 0.4) is 0 Å². The first kappa shape index (κ1) is 15.9. The maximum Gasteiger partial charge on any atom is 0.220 e. The molecule has 0 aliphatic rings. The number of benzene rings is 1. The zero-order chi connectivity index (χ0) is 14.3. The number of rotatable bonds is 7. The molecule has 0 radical (unpaired) electrons. The fraction of sp³-hybridized carbons (Fsp3) is 0.533. The van der Waals surface area contributed by atoms with Crippen LogP contribution < -0.4 is 11.1 Å². The molecule has 106 valence electrons. The molecule has 1 amide bonds. The number of nitrogen functional groups attached to an aromatic ring is 1. The molecule has 4 heteroatoms. The van der Waals surface area contributed by atoms with Crippen molar-refractivity contribution in [2.24, 2.45) is 0 Å². The van der Waals surface area contributed by atoms with Crippen molar-refractivity contribution < 1.29 is 4.79 Å². The van der Waals surface area contributed by atoms with E-state index in [1.165, 1.54) is 0 Å². The van der Waals surface area contributed by atoms with Gasteiger partial charge in [-0.05, 0) is 36.3 Å². The molecule has 2 atom stereocenters. The molecule has 19 heavy (non-hydrogen) atoms. The topological polar surface area (TPSA) is 55.1 Å². The molecule has 3 nitrogen and oxygen atoms in total. The van der Waals surface area contributed by atoms with Gasteiger partial charge in [-0.1, -0.05) is 26.0 Å². The molecule has 0 spiro atoms. The lowest BCUT2D eigenvalue weighted by Crippen LogP contribution is -2.34. The van der Waals surface area contributed by atoms with Gasteiger partial charge in [0.2, 0.25) is 5.91 Å². The second kappa shape index (κ2) is 8.10. The Morgan fingerprint density at radius 1 is 1.32 bits per heavy atom. The minimum Gasteiger partial charge on any atom is -0.399 e. The molecule has 0 bridgehead atoms. The Labute approximate surface area is 120 Å². The van der Waals surface area contributed by atoms with E-state index in [2.05, 4.69) is 26.1 Å². The summed E-state index contributed by atoms with van der Waals surface area (Å²) < 4.78 is 0. The molecule has 1 aromatic rings. The summed E-state index contributed by atoms with van der Waals surface area (Å²) in [4.78, 5) is 11.9. The second-order valence-electron chi connectivity index (χ2n) is 4.90. The third-order valence-electron chi connectivity index (χ3n) is 2.98. The van der Waals surface area contributed by atoms with Crippen LogP contribution in [0, 0.1) is 0 Å². The van der Waals surface area contributed by atoms with E-state index in [-0.39, 0.29) is 17.9 Å². The maximum atomic E-state index is 11.9. The normalized spacial score (nSPS) is 13.8. The largest absolute Gasteiger partial charge is 0.399 e. The van der Waals surface area contributed by atoms with Gasteiger partial charge in [0.1, 0.15) is 0 Å². The second-order valence-corrected chi connectivity index (χ2v) is 6.22. The van der Waals surface area contributed by atoms with E-state index in [4.69, 9.17) is 5.73 Å². The summed E-state index contributed by atoms with van der Waals surface area (Å²) in [6.07, 6.45) is 0.519. The van der Waals surface area contributed by atoms with Gasteiger partial charge in [0.25, 0.3) is 0 Å². The number of hydrogen-bond acceptors (Lipinski definition) is 3. The van der Waals surface area contributed by atoms with E-state index in [9.17, 15) is 4.79 Å². The first-order valence-electron chi connectivity index (χ1n) is 6.75. The highest BCUT2D eigenvalue weighted by atomic mass is 32.2. The lowest BCUT2D eigenvalue weighted by molar-refractivity contribution is -0.121. The molecule has 1 aromatic carbocycles. The van der Waals surface area contributed by atoms with Crippen molar-refractivity contribution in [3.63, 3.8) is 0 Å². The Hall–Kier alpha value is -1.16. The van der Waals surface area contributed by atoms with Crippen LogP contribution in [0.15, 0.2) is 24.3 Å². The van der Waals surface area contributed by atoms with Gasteiger partial charge in [-0.25, -0.2) is 0 Å². The molecule has 0 saturated heterocycles. The summed E-state index contributed by atoms with van der Waals surface area (Å²) in [7, 11) is 0. The molecule has 0 saturated carbocycles. The van der Waals surface area contributed by atoms with Crippen LogP contribution >= 0.6 is 11.8 Å². The number of nitrogens with two attached hydrogens (primary N) is 1. The van der Waals surface area contributed by atoms with Crippen LogP contribution in [-0.4, -0.2) is 23.5 Å². The highest BCUT2D eigenvalue weighted by Crippen LogP contribution is 2.20. The predicted octanol–water partition coefficient (Wildman–Crippen LogP) is 3.02. The average molecular weight is 280 g/mol. The molecule has 0 aliphatic carbocycles. The number of hydrogen-bond donors (Lipinski definition) is 2.